The van der Waals surface area contributed by atoms with Gasteiger partial charge < -0.3 is 5.11 Å². The fourth-order valence-electron chi connectivity index (χ4n) is 4.36. The molecule has 1 atom stereocenters. The highest BCUT2D eigenvalue weighted by molar-refractivity contribution is 5.79. The van der Waals surface area contributed by atoms with E-state index in [1.54, 1.807) is 24.3 Å². The van der Waals surface area contributed by atoms with Crippen molar-refractivity contribution in [2.75, 3.05) is 6.54 Å². The van der Waals surface area contributed by atoms with Gasteiger partial charge in [0.2, 0.25) is 0 Å². The first kappa shape index (κ1) is 21.9. The van der Waals surface area contributed by atoms with Gasteiger partial charge in [-0.05, 0) is 79.6 Å². The van der Waals surface area contributed by atoms with Crippen LogP contribution >= 0.6 is 0 Å². The van der Waals surface area contributed by atoms with Gasteiger partial charge in [-0.25, -0.2) is 23.0 Å². The lowest BCUT2D eigenvalue weighted by molar-refractivity contribution is -0.476. The Morgan fingerprint density at radius 2 is 2.03 bits per heavy atom. The van der Waals surface area contributed by atoms with Crippen molar-refractivity contribution >= 4 is 6.21 Å². The van der Waals surface area contributed by atoms with Gasteiger partial charge in [0, 0.05) is 23.5 Å². The van der Waals surface area contributed by atoms with Crippen LogP contribution in [0.1, 0.15) is 36.2 Å². The van der Waals surface area contributed by atoms with Crippen molar-refractivity contribution in [2.45, 2.75) is 32.2 Å². The summed E-state index contributed by atoms with van der Waals surface area (Å²) in [5, 5.41) is 14.6. The van der Waals surface area contributed by atoms with Gasteiger partial charge in [0.25, 0.3) is 0 Å². The number of aromatic nitrogens is 3. The predicted octanol–water partition coefficient (Wildman–Crippen LogP) is 5.28. The normalized spacial score (nSPS) is 17.9. The zero-order valence-corrected chi connectivity index (χ0v) is 18.8. The van der Waals surface area contributed by atoms with E-state index >= 15 is 0 Å². The summed E-state index contributed by atoms with van der Waals surface area (Å²) in [6.07, 6.45) is 10.2. The molecule has 1 unspecified atom stereocenters. The molecule has 0 bridgehead atoms. The number of aromatic hydroxyl groups is 1. The Kier molecular flexibility index (Phi) is 5.92. The van der Waals surface area contributed by atoms with E-state index in [0.717, 1.165) is 35.4 Å². The predicted molar refractivity (Wildman–Crippen MR) is 127 cm³/mol. The van der Waals surface area contributed by atoms with Gasteiger partial charge in [-0.15, -0.1) is 0 Å². The van der Waals surface area contributed by atoms with E-state index in [2.05, 4.69) is 16.9 Å². The van der Waals surface area contributed by atoms with Gasteiger partial charge in [-0.3, -0.25) is 0 Å². The molecule has 0 radical (unpaired) electrons. The van der Waals surface area contributed by atoms with Crippen LogP contribution in [-0.4, -0.2) is 37.2 Å². The van der Waals surface area contributed by atoms with Crippen LogP contribution in [-0.2, 0) is 13.0 Å². The standard InChI is InChI=1S/C27H24F2N4O/c1-2-24(32-14-13-20-15-25(34)12-7-21(20)16-32)17-33-27(19-5-10-23(29)11-6-19)30-26(31-33)18-3-8-22(28)9-4-18/h2-3,5-12,15-16,18H,4,13-14,17H2,1H3/p+1/b24-2-. The Labute approximate surface area is 196 Å². The van der Waals surface area contributed by atoms with Crippen molar-refractivity contribution in [3.63, 3.8) is 0 Å². The Bertz CT molecular complexity index is 1350. The smallest absolute Gasteiger partial charge is 0.198 e. The van der Waals surface area contributed by atoms with Gasteiger partial charge in [-0.1, -0.05) is 6.08 Å². The number of hydrogen-bond acceptors (Lipinski definition) is 3. The summed E-state index contributed by atoms with van der Waals surface area (Å²) in [7, 11) is 0. The highest BCUT2D eigenvalue weighted by Gasteiger charge is 2.24. The van der Waals surface area contributed by atoms with E-state index in [9.17, 15) is 13.9 Å². The van der Waals surface area contributed by atoms with Crippen LogP contribution in [0.3, 0.4) is 0 Å². The largest absolute Gasteiger partial charge is 0.508 e. The number of allylic oxidation sites excluding steroid dienone is 6. The molecule has 2 aliphatic rings. The maximum absolute atomic E-state index is 13.6. The molecule has 172 valence electrons. The molecule has 1 aromatic heterocycles. The molecule has 2 aromatic carbocycles. The first-order chi connectivity index (χ1) is 16.5. The summed E-state index contributed by atoms with van der Waals surface area (Å²) < 4.78 is 31.1. The minimum Gasteiger partial charge on any atom is -0.508 e. The number of benzene rings is 2. The van der Waals surface area contributed by atoms with E-state index in [1.807, 2.05) is 23.7 Å². The second-order valence-electron chi connectivity index (χ2n) is 8.48. The average Bonchev–Trinajstić information content (AvgIpc) is 3.27. The fraction of sp³-hybridized carbons (Fsp3) is 0.222. The van der Waals surface area contributed by atoms with Crippen LogP contribution in [0.15, 0.2) is 78.3 Å². The van der Waals surface area contributed by atoms with Gasteiger partial charge in [0.1, 0.15) is 23.9 Å². The van der Waals surface area contributed by atoms with E-state index in [1.165, 1.54) is 24.3 Å². The molecule has 0 saturated carbocycles. The first-order valence-electron chi connectivity index (χ1n) is 11.3. The lowest BCUT2D eigenvalue weighted by Gasteiger charge is -2.15. The molecule has 1 aliphatic heterocycles. The molecule has 0 spiro atoms. The second-order valence-corrected chi connectivity index (χ2v) is 8.48. The van der Waals surface area contributed by atoms with Crippen molar-refractivity contribution in [3.8, 4) is 17.1 Å². The molecule has 0 amide bonds. The van der Waals surface area contributed by atoms with Crippen molar-refractivity contribution in [2.24, 2.45) is 0 Å². The highest BCUT2D eigenvalue weighted by atomic mass is 19.1. The summed E-state index contributed by atoms with van der Waals surface area (Å²) in [6.45, 7) is 3.24. The van der Waals surface area contributed by atoms with Crippen molar-refractivity contribution in [3.05, 3.63) is 101 Å². The van der Waals surface area contributed by atoms with Crippen molar-refractivity contribution < 1.29 is 18.5 Å². The summed E-state index contributed by atoms with van der Waals surface area (Å²) in [5.41, 5.74) is 4.00. The molecule has 1 aliphatic carbocycles. The number of phenolic OH excluding ortho intramolecular Hbond substituents is 1. The molecular formula is C27H25F2N4O+. The van der Waals surface area contributed by atoms with Crippen LogP contribution < -0.4 is 0 Å². The maximum atomic E-state index is 13.6. The summed E-state index contributed by atoms with van der Waals surface area (Å²) >= 11 is 0. The molecule has 5 rings (SSSR count). The van der Waals surface area contributed by atoms with E-state index < -0.39 is 0 Å². The summed E-state index contributed by atoms with van der Waals surface area (Å²) in [6, 6.07) is 11.6. The fourth-order valence-corrected chi connectivity index (χ4v) is 4.36. The molecule has 34 heavy (non-hydrogen) atoms. The quantitative estimate of drug-likeness (QED) is 0.529. The Morgan fingerprint density at radius 1 is 1.21 bits per heavy atom. The number of hydrogen-bond donors (Lipinski definition) is 1. The monoisotopic (exact) mass is 459 g/mol. The Hall–Kier alpha value is -3.87. The van der Waals surface area contributed by atoms with Gasteiger partial charge in [-0.2, -0.15) is 5.10 Å². The van der Waals surface area contributed by atoms with E-state index in [-0.39, 0.29) is 23.3 Å². The zero-order valence-electron chi connectivity index (χ0n) is 18.8. The van der Waals surface area contributed by atoms with Gasteiger partial charge in [0.05, 0.1) is 0 Å². The second kappa shape index (κ2) is 9.17. The maximum Gasteiger partial charge on any atom is 0.198 e. The number of nitrogens with zero attached hydrogens (tertiary/aromatic N) is 4. The lowest BCUT2D eigenvalue weighted by atomic mass is 10.00. The van der Waals surface area contributed by atoms with Crippen LogP contribution in [0.25, 0.3) is 11.4 Å². The SMILES string of the molecule is C/C=C(/Cn1nc(C2C=CC(F)=CC2)nc1-c1ccc(F)cc1)[N+]1=Cc2ccc(O)cc2CC1. The Balaban J connectivity index is 1.50. The molecule has 7 heteroatoms. The molecule has 0 fully saturated rings. The Morgan fingerprint density at radius 3 is 2.76 bits per heavy atom. The third-order valence-corrected chi connectivity index (χ3v) is 6.23. The zero-order chi connectivity index (χ0) is 23.7. The summed E-state index contributed by atoms with van der Waals surface area (Å²) in [4.78, 5) is 4.78. The third-order valence-electron chi connectivity index (χ3n) is 6.23. The molecular weight excluding hydrogens is 434 g/mol. The molecule has 2 heterocycles. The van der Waals surface area contributed by atoms with E-state index in [0.29, 0.717) is 24.6 Å². The molecule has 1 N–H and O–H groups in total. The van der Waals surface area contributed by atoms with Crippen LogP contribution in [0.4, 0.5) is 8.78 Å². The van der Waals surface area contributed by atoms with Crippen molar-refractivity contribution in [1.29, 1.82) is 0 Å². The first-order valence-corrected chi connectivity index (χ1v) is 11.3. The molecule has 0 saturated heterocycles. The van der Waals surface area contributed by atoms with Gasteiger partial charge in [0.15, 0.2) is 30.1 Å². The number of phenols is 1. The molecule has 3 aromatic rings. The van der Waals surface area contributed by atoms with Crippen LogP contribution in [0, 0.1) is 5.82 Å². The van der Waals surface area contributed by atoms with Gasteiger partial charge >= 0.3 is 0 Å². The number of rotatable bonds is 5. The topological polar surface area (TPSA) is 54.0 Å². The minimum atomic E-state index is -0.312. The van der Waals surface area contributed by atoms with Crippen LogP contribution in [0.5, 0.6) is 5.75 Å². The average molecular weight is 460 g/mol. The molecule has 5 nitrogen and oxygen atoms in total. The highest BCUT2D eigenvalue weighted by Crippen LogP contribution is 2.28. The third kappa shape index (κ3) is 4.46. The van der Waals surface area contributed by atoms with E-state index in [4.69, 9.17) is 10.1 Å². The van der Waals surface area contributed by atoms with Crippen LogP contribution in [0.2, 0.25) is 0 Å². The number of fused-ring (bicyclic) bond motifs is 1. The lowest BCUT2D eigenvalue weighted by Crippen LogP contribution is -2.25. The summed E-state index contributed by atoms with van der Waals surface area (Å²) in [5.74, 6) is 0.846. The number of halogens is 2. The minimum absolute atomic E-state index is 0.116. The van der Waals surface area contributed by atoms with Crippen molar-refractivity contribution in [1.82, 2.24) is 14.8 Å².